The molecule has 0 saturated heterocycles. The van der Waals surface area contributed by atoms with Gasteiger partial charge in [-0.3, -0.25) is 4.79 Å². The van der Waals surface area contributed by atoms with Gasteiger partial charge in [0.25, 0.3) is 0 Å². The van der Waals surface area contributed by atoms with E-state index in [0.29, 0.717) is 0 Å². The van der Waals surface area contributed by atoms with E-state index in [0.717, 1.165) is 40.6 Å². The molecule has 1 aliphatic carbocycles. The van der Waals surface area contributed by atoms with E-state index in [2.05, 4.69) is 24.3 Å². The summed E-state index contributed by atoms with van der Waals surface area (Å²) in [7, 11) is 1.46. The van der Waals surface area contributed by atoms with E-state index in [1.165, 1.54) is 23.4 Å². The van der Waals surface area contributed by atoms with Gasteiger partial charge < -0.3 is 4.74 Å². The summed E-state index contributed by atoms with van der Waals surface area (Å²) in [5.74, 6) is -0.296. The van der Waals surface area contributed by atoms with Gasteiger partial charge in [-0.25, -0.2) is 0 Å². The van der Waals surface area contributed by atoms with Crippen LogP contribution in [0.5, 0.6) is 0 Å². The van der Waals surface area contributed by atoms with Crippen LogP contribution in [0.15, 0.2) is 42.5 Å². The molecule has 4 rings (SSSR count). The van der Waals surface area contributed by atoms with Crippen LogP contribution in [0.3, 0.4) is 0 Å². The zero-order valence-electron chi connectivity index (χ0n) is 12.9. The lowest BCUT2D eigenvalue weighted by Gasteiger charge is -2.25. The van der Waals surface area contributed by atoms with Crippen LogP contribution in [0, 0.1) is 0 Å². The van der Waals surface area contributed by atoms with E-state index < -0.39 is 0 Å². The maximum absolute atomic E-state index is 12.1. The van der Waals surface area contributed by atoms with Gasteiger partial charge in [0.2, 0.25) is 0 Å². The van der Waals surface area contributed by atoms with Crippen molar-refractivity contribution in [3.63, 3.8) is 0 Å². The maximum atomic E-state index is 12.1. The Bertz CT molecular complexity index is 930. The van der Waals surface area contributed by atoms with Crippen LogP contribution in [0.2, 0.25) is 5.02 Å². The Kier molecular flexibility index (Phi) is 3.50. The van der Waals surface area contributed by atoms with Crippen LogP contribution in [-0.4, -0.2) is 13.1 Å². The van der Waals surface area contributed by atoms with Crippen molar-refractivity contribution in [3.05, 3.63) is 58.6 Å². The fourth-order valence-corrected chi connectivity index (χ4v) is 4.12. The lowest BCUT2D eigenvalue weighted by atomic mass is 9.80. The van der Waals surface area contributed by atoms with Crippen molar-refractivity contribution >= 4 is 39.1 Å². The van der Waals surface area contributed by atoms with Gasteiger partial charge in [0.05, 0.1) is 13.0 Å². The Labute approximate surface area is 140 Å². The molecule has 3 heteroatoms. The van der Waals surface area contributed by atoms with Gasteiger partial charge in [-0.15, -0.1) is 0 Å². The van der Waals surface area contributed by atoms with Gasteiger partial charge in [0, 0.05) is 10.4 Å². The first-order valence-electron chi connectivity index (χ1n) is 7.91. The lowest BCUT2D eigenvalue weighted by Crippen LogP contribution is -2.19. The Balaban J connectivity index is 2.04. The predicted octanol–water partition coefficient (Wildman–Crippen LogP) is 5.24. The molecule has 0 radical (unpaired) electrons. The van der Waals surface area contributed by atoms with Gasteiger partial charge in [0.1, 0.15) is 0 Å². The molecule has 23 heavy (non-hydrogen) atoms. The van der Waals surface area contributed by atoms with Gasteiger partial charge in [-0.05, 0) is 52.6 Å². The first-order chi connectivity index (χ1) is 11.2. The summed E-state index contributed by atoms with van der Waals surface area (Å²) in [4.78, 5) is 12.1. The van der Waals surface area contributed by atoms with E-state index in [9.17, 15) is 4.79 Å². The number of methoxy groups -OCH3 is 1. The van der Waals surface area contributed by atoms with E-state index in [-0.39, 0.29) is 11.9 Å². The van der Waals surface area contributed by atoms with E-state index in [1.54, 1.807) is 0 Å². The van der Waals surface area contributed by atoms with Crippen molar-refractivity contribution in [1.82, 2.24) is 0 Å². The number of hydrogen-bond donors (Lipinski definition) is 0. The number of benzene rings is 3. The maximum Gasteiger partial charge on any atom is 0.313 e. The van der Waals surface area contributed by atoms with Gasteiger partial charge in [-0.1, -0.05) is 48.0 Å². The Morgan fingerprint density at radius 3 is 2.61 bits per heavy atom. The first kappa shape index (κ1) is 14.5. The SMILES string of the molecule is COC(=O)C1CCCc2c1ccc1c2cc(Cl)c2ccccc21. The third kappa shape index (κ3) is 2.21. The topological polar surface area (TPSA) is 26.3 Å². The number of ether oxygens (including phenoxy) is 1. The van der Waals surface area contributed by atoms with Crippen LogP contribution < -0.4 is 0 Å². The van der Waals surface area contributed by atoms with Gasteiger partial charge >= 0.3 is 5.97 Å². The standard InChI is InChI=1S/C20H17ClO2/c1-23-20(22)17-8-4-7-13-14(17)9-10-15-12-5-2-3-6-16(12)19(21)11-18(13)15/h2-3,5-6,9-11,17H,4,7-8H2,1H3. The molecular formula is C20H17ClO2. The second-order valence-corrected chi connectivity index (χ2v) is 6.51. The molecule has 2 nitrogen and oxygen atoms in total. The highest BCUT2D eigenvalue weighted by molar-refractivity contribution is 6.37. The van der Waals surface area contributed by atoms with Crippen molar-refractivity contribution in [2.45, 2.75) is 25.2 Å². The molecule has 0 heterocycles. The van der Waals surface area contributed by atoms with E-state index in [4.69, 9.17) is 16.3 Å². The molecule has 1 unspecified atom stereocenters. The number of aryl methyl sites for hydroxylation is 1. The quantitative estimate of drug-likeness (QED) is 0.452. The third-order valence-corrected chi connectivity index (χ3v) is 5.23. The molecule has 1 atom stereocenters. The van der Waals surface area contributed by atoms with Crippen LogP contribution >= 0.6 is 11.6 Å². The average molecular weight is 325 g/mol. The molecule has 3 aromatic rings. The molecule has 0 aliphatic heterocycles. The van der Waals surface area contributed by atoms with Crippen molar-refractivity contribution < 1.29 is 9.53 Å². The monoisotopic (exact) mass is 324 g/mol. The predicted molar refractivity (Wildman–Crippen MR) is 94.2 cm³/mol. The normalized spacial score (nSPS) is 17.2. The average Bonchev–Trinajstić information content (AvgIpc) is 2.60. The van der Waals surface area contributed by atoms with Crippen LogP contribution in [-0.2, 0) is 16.0 Å². The van der Waals surface area contributed by atoms with Gasteiger partial charge in [0.15, 0.2) is 0 Å². The summed E-state index contributed by atoms with van der Waals surface area (Å²) in [6, 6.07) is 14.5. The van der Waals surface area contributed by atoms with Crippen molar-refractivity contribution in [2.75, 3.05) is 7.11 Å². The minimum atomic E-state index is -0.154. The summed E-state index contributed by atoms with van der Waals surface area (Å²) < 4.78 is 4.99. The molecule has 0 N–H and O–H groups in total. The molecule has 3 aromatic carbocycles. The zero-order chi connectivity index (χ0) is 16.0. The molecule has 0 aromatic heterocycles. The molecule has 0 saturated carbocycles. The molecule has 1 aliphatic rings. The largest absolute Gasteiger partial charge is 0.469 e. The third-order valence-electron chi connectivity index (χ3n) is 4.92. The fourth-order valence-electron chi connectivity index (χ4n) is 3.84. The smallest absolute Gasteiger partial charge is 0.313 e. The number of hydrogen-bond acceptors (Lipinski definition) is 2. The highest BCUT2D eigenvalue weighted by atomic mass is 35.5. The second-order valence-electron chi connectivity index (χ2n) is 6.10. The highest BCUT2D eigenvalue weighted by Gasteiger charge is 2.28. The Morgan fingerprint density at radius 1 is 1.09 bits per heavy atom. The Morgan fingerprint density at radius 2 is 1.83 bits per heavy atom. The minimum Gasteiger partial charge on any atom is -0.469 e. The van der Waals surface area contributed by atoms with Crippen LogP contribution in [0.25, 0.3) is 21.5 Å². The number of halogens is 1. The molecule has 0 amide bonds. The number of rotatable bonds is 1. The fraction of sp³-hybridized carbons (Fsp3) is 0.250. The number of carbonyl (C=O) groups is 1. The van der Waals surface area contributed by atoms with Gasteiger partial charge in [-0.2, -0.15) is 0 Å². The molecule has 0 bridgehead atoms. The summed E-state index contributed by atoms with van der Waals surface area (Å²) in [6.45, 7) is 0. The molecule has 0 fully saturated rings. The molecule has 116 valence electrons. The summed E-state index contributed by atoms with van der Waals surface area (Å²) >= 11 is 6.51. The van der Waals surface area contributed by atoms with E-state index in [1.807, 2.05) is 18.2 Å². The highest BCUT2D eigenvalue weighted by Crippen LogP contribution is 2.40. The van der Waals surface area contributed by atoms with Crippen LogP contribution in [0.1, 0.15) is 29.9 Å². The Hall–Kier alpha value is -2.06. The number of carbonyl (C=O) groups excluding carboxylic acids is 1. The number of fused-ring (bicyclic) bond motifs is 5. The number of esters is 1. The van der Waals surface area contributed by atoms with Crippen molar-refractivity contribution in [3.8, 4) is 0 Å². The molecular weight excluding hydrogens is 308 g/mol. The summed E-state index contributed by atoms with van der Waals surface area (Å²) in [5, 5.41) is 5.37. The van der Waals surface area contributed by atoms with Crippen LogP contribution in [0.4, 0.5) is 0 Å². The zero-order valence-corrected chi connectivity index (χ0v) is 13.7. The van der Waals surface area contributed by atoms with Crippen molar-refractivity contribution in [1.29, 1.82) is 0 Å². The summed E-state index contributed by atoms with van der Waals surface area (Å²) in [5.41, 5.74) is 2.35. The lowest BCUT2D eigenvalue weighted by molar-refractivity contribution is -0.142. The van der Waals surface area contributed by atoms with E-state index >= 15 is 0 Å². The van der Waals surface area contributed by atoms with Crippen molar-refractivity contribution in [2.24, 2.45) is 0 Å². The minimum absolute atomic E-state index is 0.141. The first-order valence-corrected chi connectivity index (χ1v) is 8.29. The molecule has 0 spiro atoms. The second kappa shape index (κ2) is 5.54. The summed E-state index contributed by atoms with van der Waals surface area (Å²) in [6.07, 6.45) is 2.83.